The molecule has 114 valence electrons. The topological polar surface area (TPSA) is 58.4 Å². The number of aryl methyl sites for hydroxylation is 1. The van der Waals surface area contributed by atoms with Crippen molar-refractivity contribution in [2.75, 3.05) is 26.4 Å². The highest BCUT2D eigenvalue weighted by Gasteiger charge is 2.13. The minimum absolute atomic E-state index is 0.00470. The minimum Gasteiger partial charge on any atom is -0.481 e. The molecule has 7 heteroatoms. The summed E-state index contributed by atoms with van der Waals surface area (Å²) in [7, 11) is 4.07. The predicted octanol–water partition coefficient (Wildman–Crippen LogP) is 2.82. The quantitative estimate of drug-likeness (QED) is 0.792. The normalized spacial score (nSPS) is 11.4. The van der Waals surface area contributed by atoms with Crippen molar-refractivity contribution in [3.63, 3.8) is 0 Å². The second-order valence-electron chi connectivity index (χ2n) is 5.02. The lowest BCUT2D eigenvalue weighted by atomic mass is 10.3. The van der Waals surface area contributed by atoms with E-state index in [1.165, 1.54) is 11.8 Å². The van der Waals surface area contributed by atoms with Gasteiger partial charge in [0.15, 0.2) is 5.16 Å². The summed E-state index contributed by atoms with van der Waals surface area (Å²) in [6.07, 6.45) is 0.974. The fourth-order valence-corrected chi connectivity index (χ4v) is 3.01. The van der Waals surface area contributed by atoms with Crippen LogP contribution in [0.3, 0.4) is 0 Å². The van der Waals surface area contributed by atoms with Gasteiger partial charge in [-0.25, -0.2) is 4.98 Å². The number of carboxylic acid groups (broad SMARTS) is 1. The molecular formula is C14H18ClN3O2S. The van der Waals surface area contributed by atoms with Gasteiger partial charge in [-0.05, 0) is 45.3 Å². The van der Waals surface area contributed by atoms with Crippen LogP contribution in [-0.4, -0.2) is 51.9 Å². The van der Waals surface area contributed by atoms with Crippen molar-refractivity contribution in [2.45, 2.75) is 18.1 Å². The van der Waals surface area contributed by atoms with Crippen molar-refractivity contribution >= 4 is 40.4 Å². The summed E-state index contributed by atoms with van der Waals surface area (Å²) >= 11 is 7.24. The van der Waals surface area contributed by atoms with Crippen LogP contribution in [0.25, 0.3) is 11.0 Å². The van der Waals surface area contributed by atoms with Crippen LogP contribution in [0.4, 0.5) is 0 Å². The Kier molecular flexibility index (Phi) is 5.50. The van der Waals surface area contributed by atoms with Gasteiger partial charge in [-0.2, -0.15) is 0 Å². The first-order valence-corrected chi connectivity index (χ1v) is 7.99. The maximum Gasteiger partial charge on any atom is 0.313 e. The SMILES string of the molecule is CN(C)CCCn1c(SCC(=O)O)nc2cc(Cl)ccc21. The zero-order valence-electron chi connectivity index (χ0n) is 12.0. The number of fused-ring (bicyclic) bond motifs is 1. The molecule has 0 bridgehead atoms. The summed E-state index contributed by atoms with van der Waals surface area (Å²) in [5.41, 5.74) is 1.80. The summed E-state index contributed by atoms with van der Waals surface area (Å²) in [5, 5.41) is 10.2. The second-order valence-corrected chi connectivity index (χ2v) is 6.40. The Hall–Kier alpha value is -1.24. The molecule has 0 atom stereocenters. The van der Waals surface area contributed by atoms with Crippen LogP contribution in [0.2, 0.25) is 5.02 Å². The lowest BCUT2D eigenvalue weighted by molar-refractivity contribution is -0.133. The molecule has 21 heavy (non-hydrogen) atoms. The van der Waals surface area contributed by atoms with E-state index in [4.69, 9.17) is 16.7 Å². The van der Waals surface area contributed by atoms with Crippen LogP contribution in [-0.2, 0) is 11.3 Å². The molecule has 2 rings (SSSR count). The van der Waals surface area contributed by atoms with Gasteiger partial charge >= 0.3 is 5.97 Å². The Balaban J connectivity index is 2.27. The van der Waals surface area contributed by atoms with E-state index in [9.17, 15) is 4.79 Å². The van der Waals surface area contributed by atoms with Crippen molar-refractivity contribution < 1.29 is 9.90 Å². The molecule has 0 unspecified atom stereocenters. The third-order valence-corrected chi connectivity index (χ3v) is 4.18. The summed E-state index contributed by atoms with van der Waals surface area (Å²) < 4.78 is 2.07. The Morgan fingerprint density at radius 3 is 2.90 bits per heavy atom. The van der Waals surface area contributed by atoms with Crippen LogP contribution in [0.5, 0.6) is 0 Å². The molecule has 1 aromatic heterocycles. The molecular weight excluding hydrogens is 310 g/mol. The van der Waals surface area contributed by atoms with Gasteiger partial charge in [0, 0.05) is 11.6 Å². The van der Waals surface area contributed by atoms with Gasteiger partial charge in [0.2, 0.25) is 0 Å². The molecule has 0 aliphatic rings. The van der Waals surface area contributed by atoms with Gasteiger partial charge in [0.25, 0.3) is 0 Å². The lowest BCUT2D eigenvalue weighted by Gasteiger charge is -2.11. The van der Waals surface area contributed by atoms with E-state index in [-0.39, 0.29) is 5.75 Å². The van der Waals surface area contributed by atoms with Crippen molar-refractivity contribution in [2.24, 2.45) is 0 Å². The lowest BCUT2D eigenvalue weighted by Crippen LogP contribution is -2.15. The molecule has 1 N–H and O–H groups in total. The highest BCUT2D eigenvalue weighted by Crippen LogP contribution is 2.26. The van der Waals surface area contributed by atoms with Crippen LogP contribution in [0, 0.1) is 0 Å². The third kappa shape index (κ3) is 4.36. The number of rotatable bonds is 7. The summed E-state index contributed by atoms with van der Waals surface area (Å²) in [6.45, 7) is 1.77. The predicted molar refractivity (Wildman–Crippen MR) is 86.3 cm³/mol. The fraction of sp³-hybridized carbons (Fsp3) is 0.429. The number of carboxylic acids is 1. The average Bonchev–Trinajstić information content (AvgIpc) is 2.73. The first kappa shape index (κ1) is 16.1. The third-order valence-electron chi connectivity index (χ3n) is 2.99. The first-order chi connectivity index (χ1) is 9.97. The minimum atomic E-state index is -0.843. The van der Waals surface area contributed by atoms with Gasteiger partial charge in [-0.3, -0.25) is 4.79 Å². The van der Waals surface area contributed by atoms with Crippen LogP contribution in [0.15, 0.2) is 23.4 Å². The molecule has 0 aliphatic heterocycles. The number of imidazole rings is 1. The first-order valence-electron chi connectivity index (χ1n) is 6.62. The number of thioether (sulfide) groups is 1. The van der Waals surface area contributed by atoms with Gasteiger partial charge < -0.3 is 14.6 Å². The Labute approximate surface area is 132 Å². The van der Waals surface area contributed by atoms with Crippen molar-refractivity contribution in [1.29, 1.82) is 0 Å². The number of aromatic nitrogens is 2. The van der Waals surface area contributed by atoms with Gasteiger partial charge in [-0.15, -0.1) is 0 Å². The Morgan fingerprint density at radius 1 is 1.48 bits per heavy atom. The molecule has 2 aromatic rings. The van der Waals surface area contributed by atoms with Crippen LogP contribution >= 0.6 is 23.4 Å². The molecule has 1 aromatic carbocycles. The van der Waals surface area contributed by atoms with E-state index in [1.54, 1.807) is 0 Å². The Bertz CT molecular complexity index is 642. The number of halogens is 1. The van der Waals surface area contributed by atoms with Crippen molar-refractivity contribution in [1.82, 2.24) is 14.5 Å². The molecule has 0 radical (unpaired) electrons. The molecule has 0 fully saturated rings. The molecule has 0 saturated heterocycles. The average molecular weight is 328 g/mol. The van der Waals surface area contributed by atoms with E-state index in [1.807, 2.05) is 32.3 Å². The van der Waals surface area contributed by atoms with E-state index in [2.05, 4.69) is 14.5 Å². The number of nitrogens with zero attached hydrogens (tertiary/aromatic N) is 3. The van der Waals surface area contributed by atoms with Gasteiger partial charge in [0.1, 0.15) is 0 Å². The smallest absolute Gasteiger partial charge is 0.313 e. The van der Waals surface area contributed by atoms with E-state index < -0.39 is 5.97 Å². The summed E-state index contributed by atoms with van der Waals surface area (Å²) in [4.78, 5) is 17.4. The molecule has 0 aliphatic carbocycles. The zero-order chi connectivity index (χ0) is 15.4. The molecule has 5 nitrogen and oxygen atoms in total. The number of carbonyl (C=O) groups is 1. The van der Waals surface area contributed by atoms with E-state index in [0.29, 0.717) is 5.02 Å². The monoisotopic (exact) mass is 327 g/mol. The molecule has 0 spiro atoms. The molecule has 1 heterocycles. The largest absolute Gasteiger partial charge is 0.481 e. The molecule has 0 saturated carbocycles. The second kappa shape index (κ2) is 7.15. The molecule has 0 amide bonds. The van der Waals surface area contributed by atoms with Crippen LogP contribution in [0.1, 0.15) is 6.42 Å². The maximum absolute atomic E-state index is 10.8. The Morgan fingerprint density at radius 2 is 2.24 bits per heavy atom. The fourth-order valence-electron chi connectivity index (χ4n) is 2.08. The van der Waals surface area contributed by atoms with Crippen molar-refractivity contribution in [3.8, 4) is 0 Å². The van der Waals surface area contributed by atoms with E-state index >= 15 is 0 Å². The highest BCUT2D eigenvalue weighted by molar-refractivity contribution is 7.99. The number of hydrogen-bond donors (Lipinski definition) is 1. The van der Waals surface area contributed by atoms with Crippen molar-refractivity contribution in [3.05, 3.63) is 23.2 Å². The van der Waals surface area contributed by atoms with Crippen LogP contribution < -0.4 is 0 Å². The van der Waals surface area contributed by atoms with Gasteiger partial charge in [-0.1, -0.05) is 23.4 Å². The summed E-state index contributed by atoms with van der Waals surface area (Å²) in [6, 6.07) is 5.58. The van der Waals surface area contributed by atoms with Gasteiger partial charge in [0.05, 0.1) is 16.8 Å². The zero-order valence-corrected chi connectivity index (χ0v) is 13.6. The summed E-state index contributed by atoms with van der Waals surface area (Å²) in [5.74, 6) is -0.838. The van der Waals surface area contributed by atoms with E-state index in [0.717, 1.165) is 35.7 Å². The standard InChI is InChI=1S/C14H18ClN3O2S/c1-17(2)6-3-7-18-12-5-4-10(15)8-11(12)16-14(18)21-9-13(19)20/h4-5,8H,3,6-7,9H2,1-2H3,(H,19,20). The number of benzene rings is 1. The highest BCUT2D eigenvalue weighted by atomic mass is 35.5. The maximum atomic E-state index is 10.8. The number of aliphatic carboxylic acids is 1. The number of hydrogen-bond acceptors (Lipinski definition) is 4.